The van der Waals surface area contributed by atoms with Crippen molar-refractivity contribution in [2.75, 3.05) is 0 Å². The minimum absolute atomic E-state index is 0.00387. The SMILES string of the molecule is Cc1cc(Cl)c2cc(C(=O)N[C@H](C)c3ccc(S(=O)(=O)C(C)(C)C(=O)OC(C)C)cc3)n(C)c2c1. The molecule has 1 amide bonds. The first-order valence-electron chi connectivity index (χ1n) is 11.3. The lowest BCUT2D eigenvalue weighted by molar-refractivity contribution is -0.149. The standard InChI is InChI=1S/C26H31ClN2O5S/c1-15(2)34-25(31)26(5,6)35(32,33)19-10-8-18(9-11-19)17(4)28-24(30)23-14-20-21(27)12-16(3)13-22(20)29(23)7/h8-15,17H,1-7H3,(H,28,30)/t17-/m1/s1. The third kappa shape index (κ3) is 5.09. The Morgan fingerprint density at radius 2 is 1.66 bits per heavy atom. The van der Waals surface area contributed by atoms with Gasteiger partial charge < -0.3 is 14.6 Å². The van der Waals surface area contributed by atoms with Crippen LogP contribution in [0.3, 0.4) is 0 Å². The maximum absolute atomic E-state index is 13.1. The van der Waals surface area contributed by atoms with E-state index in [0.29, 0.717) is 16.3 Å². The molecule has 0 saturated carbocycles. The Bertz CT molecular complexity index is 1390. The van der Waals surface area contributed by atoms with Crippen molar-refractivity contribution in [3.63, 3.8) is 0 Å². The summed E-state index contributed by atoms with van der Waals surface area (Å²) in [7, 11) is -2.19. The zero-order valence-corrected chi connectivity index (χ0v) is 22.5. The predicted molar refractivity (Wildman–Crippen MR) is 137 cm³/mol. The summed E-state index contributed by atoms with van der Waals surface area (Å²) in [4.78, 5) is 25.4. The zero-order valence-electron chi connectivity index (χ0n) is 21.0. The Hall–Kier alpha value is -2.84. The van der Waals surface area contributed by atoms with E-state index in [-0.39, 0.29) is 10.8 Å². The molecular weight excluding hydrogens is 488 g/mol. The average Bonchev–Trinajstić information content (AvgIpc) is 3.10. The van der Waals surface area contributed by atoms with Gasteiger partial charge in [-0.2, -0.15) is 0 Å². The summed E-state index contributed by atoms with van der Waals surface area (Å²) in [5.74, 6) is -1.08. The highest BCUT2D eigenvalue weighted by molar-refractivity contribution is 7.93. The second kappa shape index (κ2) is 9.66. The number of fused-ring (bicyclic) bond motifs is 1. The molecule has 0 radical (unpaired) electrons. The Morgan fingerprint density at radius 1 is 1.06 bits per heavy atom. The fourth-order valence-corrected chi connectivity index (χ4v) is 5.46. The van der Waals surface area contributed by atoms with Crippen LogP contribution in [0.25, 0.3) is 10.9 Å². The van der Waals surface area contributed by atoms with Crippen LogP contribution in [0, 0.1) is 6.92 Å². The molecule has 0 aliphatic heterocycles. The predicted octanol–water partition coefficient (Wildman–Crippen LogP) is 5.14. The molecule has 3 rings (SSSR count). The monoisotopic (exact) mass is 518 g/mol. The molecule has 3 aromatic rings. The molecule has 1 heterocycles. The fourth-order valence-electron chi connectivity index (χ4n) is 3.79. The van der Waals surface area contributed by atoms with E-state index in [1.165, 1.54) is 26.0 Å². The largest absolute Gasteiger partial charge is 0.462 e. The normalized spacial score (nSPS) is 13.2. The molecule has 9 heteroatoms. The number of ether oxygens (including phenoxy) is 1. The number of hydrogen-bond donors (Lipinski definition) is 1. The molecule has 0 aliphatic carbocycles. The van der Waals surface area contributed by atoms with Gasteiger partial charge in [-0.3, -0.25) is 9.59 Å². The number of carbonyl (C=O) groups excluding carboxylic acids is 2. The van der Waals surface area contributed by atoms with Crippen LogP contribution in [0.15, 0.2) is 47.4 Å². The minimum Gasteiger partial charge on any atom is -0.462 e. The Morgan fingerprint density at radius 3 is 2.23 bits per heavy atom. The van der Waals surface area contributed by atoms with Crippen LogP contribution < -0.4 is 5.32 Å². The Balaban J connectivity index is 1.81. The van der Waals surface area contributed by atoms with Crippen molar-refractivity contribution in [2.24, 2.45) is 7.05 Å². The highest BCUT2D eigenvalue weighted by Gasteiger charge is 2.44. The number of aryl methyl sites for hydroxylation is 2. The van der Waals surface area contributed by atoms with Crippen LogP contribution in [0.2, 0.25) is 5.02 Å². The number of carbonyl (C=O) groups is 2. The molecule has 7 nitrogen and oxygen atoms in total. The van der Waals surface area contributed by atoms with Gasteiger partial charge in [-0.25, -0.2) is 8.42 Å². The highest BCUT2D eigenvalue weighted by Crippen LogP contribution is 2.30. The molecule has 188 valence electrons. The number of sulfone groups is 1. The number of benzene rings is 2. The number of aromatic nitrogens is 1. The number of esters is 1. The van der Waals surface area contributed by atoms with Gasteiger partial charge in [0.25, 0.3) is 5.91 Å². The summed E-state index contributed by atoms with van der Waals surface area (Å²) in [6.45, 7) is 9.75. The van der Waals surface area contributed by atoms with E-state index in [9.17, 15) is 18.0 Å². The van der Waals surface area contributed by atoms with Gasteiger partial charge in [-0.1, -0.05) is 23.7 Å². The van der Waals surface area contributed by atoms with Crippen LogP contribution >= 0.6 is 11.6 Å². The van der Waals surface area contributed by atoms with Crippen molar-refractivity contribution in [2.45, 2.75) is 63.3 Å². The quantitative estimate of drug-likeness (QED) is 0.437. The van der Waals surface area contributed by atoms with Crippen molar-refractivity contribution < 1.29 is 22.7 Å². The van der Waals surface area contributed by atoms with Gasteiger partial charge in [0.2, 0.25) is 0 Å². The number of nitrogens with zero attached hydrogens (tertiary/aromatic N) is 1. The van der Waals surface area contributed by atoms with E-state index in [0.717, 1.165) is 16.5 Å². The summed E-state index contributed by atoms with van der Waals surface area (Å²) in [6.07, 6.45) is -0.425. The lowest BCUT2D eigenvalue weighted by atomic mass is 10.1. The van der Waals surface area contributed by atoms with E-state index in [1.807, 2.05) is 33.0 Å². The lowest BCUT2D eigenvalue weighted by Gasteiger charge is -2.24. The van der Waals surface area contributed by atoms with Crippen molar-refractivity contribution in [3.8, 4) is 0 Å². The highest BCUT2D eigenvalue weighted by atomic mass is 35.5. The lowest BCUT2D eigenvalue weighted by Crippen LogP contribution is -2.42. The van der Waals surface area contributed by atoms with Gasteiger partial charge in [0.1, 0.15) is 5.69 Å². The summed E-state index contributed by atoms with van der Waals surface area (Å²) < 4.78 is 31.4. The second-order valence-electron chi connectivity index (χ2n) is 9.50. The molecule has 2 aromatic carbocycles. The molecule has 0 fully saturated rings. The van der Waals surface area contributed by atoms with E-state index in [1.54, 1.807) is 36.6 Å². The maximum Gasteiger partial charge on any atom is 0.327 e. The van der Waals surface area contributed by atoms with Crippen LogP contribution in [-0.2, 0) is 26.4 Å². The van der Waals surface area contributed by atoms with Crippen LogP contribution in [0.4, 0.5) is 0 Å². The molecule has 0 spiro atoms. The van der Waals surface area contributed by atoms with Gasteiger partial charge >= 0.3 is 5.97 Å². The van der Waals surface area contributed by atoms with Gasteiger partial charge in [0.15, 0.2) is 14.6 Å². The summed E-state index contributed by atoms with van der Waals surface area (Å²) in [5.41, 5.74) is 3.04. The van der Waals surface area contributed by atoms with E-state index in [4.69, 9.17) is 16.3 Å². The molecule has 0 aliphatic rings. The number of halogens is 1. The van der Waals surface area contributed by atoms with Gasteiger partial charge in [0.05, 0.1) is 27.6 Å². The van der Waals surface area contributed by atoms with Crippen LogP contribution in [0.5, 0.6) is 0 Å². The summed E-state index contributed by atoms with van der Waals surface area (Å²) >= 11 is 6.36. The first kappa shape index (κ1) is 26.8. The molecule has 1 atom stereocenters. The number of nitrogens with one attached hydrogen (secondary N) is 1. The smallest absolute Gasteiger partial charge is 0.327 e. The molecule has 0 bridgehead atoms. The number of hydrogen-bond acceptors (Lipinski definition) is 5. The first-order valence-corrected chi connectivity index (χ1v) is 13.1. The molecule has 0 saturated heterocycles. The van der Waals surface area contributed by atoms with E-state index < -0.39 is 32.7 Å². The van der Waals surface area contributed by atoms with Crippen molar-refractivity contribution >= 4 is 44.2 Å². The van der Waals surface area contributed by atoms with Gasteiger partial charge in [-0.15, -0.1) is 0 Å². The van der Waals surface area contributed by atoms with Crippen molar-refractivity contribution in [1.82, 2.24) is 9.88 Å². The summed E-state index contributed by atoms with van der Waals surface area (Å²) in [5, 5.41) is 4.33. The molecular formula is C26H31ClN2O5S. The molecule has 35 heavy (non-hydrogen) atoms. The first-order chi connectivity index (χ1) is 16.2. The van der Waals surface area contributed by atoms with E-state index >= 15 is 0 Å². The van der Waals surface area contributed by atoms with Gasteiger partial charge in [-0.05, 0) is 83.0 Å². The maximum atomic E-state index is 13.1. The molecule has 0 unspecified atom stereocenters. The Kier molecular flexibility index (Phi) is 7.39. The molecule has 1 N–H and O–H groups in total. The molecule has 1 aromatic heterocycles. The minimum atomic E-state index is -4.00. The van der Waals surface area contributed by atoms with Gasteiger partial charge in [0, 0.05) is 12.4 Å². The van der Waals surface area contributed by atoms with Crippen LogP contribution in [-0.4, -0.2) is 35.7 Å². The summed E-state index contributed by atoms with van der Waals surface area (Å²) in [6, 6.07) is 11.3. The van der Waals surface area contributed by atoms with Crippen molar-refractivity contribution in [3.05, 3.63) is 64.3 Å². The van der Waals surface area contributed by atoms with Crippen molar-refractivity contribution in [1.29, 1.82) is 0 Å². The third-order valence-corrected chi connectivity index (χ3v) is 8.75. The average molecular weight is 519 g/mol. The fraction of sp³-hybridized carbons (Fsp3) is 0.385. The van der Waals surface area contributed by atoms with E-state index in [2.05, 4.69) is 5.32 Å². The number of rotatable bonds is 7. The third-order valence-electron chi connectivity index (χ3n) is 6.03. The zero-order chi connectivity index (χ0) is 26.3. The number of amides is 1. The second-order valence-corrected chi connectivity index (χ2v) is 12.4. The topological polar surface area (TPSA) is 94.5 Å². The Labute approximate surface area is 211 Å². The van der Waals surface area contributed by atoms with Crippen LogP contribution in [0.1, 0.15) is 62.3 Å².